The summed E-state index contributed by atoms with van der Waals surface area (Å²) in [6.07, 6.45) is 6.55. The Balaban J connectivity index is 1.47. The van der Waals surface area contributed by atoms with E-state index in [0.29, 0.717) is 0 Å². The fraction of sp³-hybridized carbons (Fsp3) is 0.0278. The van der Waals surface area contributed by atoms with Crippen LogP contribution in [0.4, 0.5) is 0 Å². The van der Waals surface area contributed by atoms with Gasteiger partial charge in [0.2, 0.25) is 0 Å². The first-order chi connectivity index (χ1) is 20.3. The van der Waals surface area contributed by atoms with Crippen molar-refractivity contribution in [3.8, 4) is 16.8 Å². The molecule has 9 aromatic rings. The van der Waals surface area contributed by atoms with Crippen molar-refractivity contribution in [1.29, 1.82) is 0 Å². The molecule has 0 saturated heterocycles. The summed E-state index contributed by atoms with van der Waals surface area (Å²) in [6.45, 7) is 0. The first-order valence-corrected chi connectivity index (χ1v) is 13.9. The van der Waals surface area contributed by atoms with Gasteiger partial charge >= 0.3 is 0 Å². The van der Waals surface area contributed by atoms with Crippen LogP contribution in [0.5, 0.6) is 0 Å². The number of rotatable bonds is 1. The summed E-state index contributed by atoms with van der Waals surface area (Å²) in [7, 11) is 0. The first kappa shape index (κ1) is 21.3. The highest BCUT2D eigenvalue weighted by atomic mass is 15.0. The van der Waals surface area contributed by atoms with E-state index < -0.39 is 0 Å². The average molecular weight is 524 g/mol. The summed E-state index contributed by atoms with van der Waals surface area (Å²) in [5, 5.41) is 4.65. The minimum absolute atomic E-state index is 0.928. The zero-order valence-electron chi connectivity index (χ0n) is 21.9. The van der Waals surface area contributed by atoms with E-state index in [2.05, 4.69) is 98.9 Å². The van der Waals surface area contributed by atoms with Crippen LogP contribution in [-0.4, -0.2) is 23.9 Å². The molecule has 190 valence electrons. The van der Waals surface area contributed by atoms with Crippen LogP contribution in [0.1, 0.15) is 11.1 Å². The van der Waals surface area contributed by atoms with Crippen LogP contribution < -0.4 is 0 Å². The monoisotopic (exact) mass is 523 g/mol. The molecule has 1 aliphatic carbocycles. The van der Waals surface area contributed by atoms with Crippen LogP contribution in [-0.2, 0) is 6.42 Å². The molecular formula is C36H21N5. The van der Waals surface area contributed by atoms with E-state index in [1.807, 2.05) is 30.7 Å². The largest absolute Gasteiger partial charge is 0.309 e. The predicted octanol–water partition coefficient (Wildman–Crippen LogP) is 8.25. The lowest BCUT2D eigenvalue weighted by Gasteiger charge is -2.12. The summed E-state index contributed by atoms with van der Waals surface area (Å²) < 4.78 is 4.67. The maximum Gasteiger partial charge on any atom is 0.146 e. The quantitative estimate of drug-likeness (QED) is 0.204. The van der Waals surface area contributed by atoms with E-state index in [4.69, 9.17) is 9.97 Å². The molecule has 5 heteroatoms. The van der Waals surface area contributed by atoms with Crippen LogP contribution in [0.25, 0.3) is 77.1 Å². The molecule has 0 aliphatic heterocycles. The number of fused-ring (bicyclic) bond motifs is 15. The maximum absolute atomic E-state index is 5.12. The van der Waals surface area contributed by atoms with E-state index in [1.54, 1.807) is 0 Å². The number of benzene rings is 4. The van der Waals surface area contributed by atoms with E-state index in [9.17, 15) is 0 Å². The molecule has 5 aromatic heterocycles. The molecule has 10 rings (SSSR count). The third-order valence-corrected chi connectivity index (χ3v) is 8.82. The molecule has 1 aliphatic rings. The third kappa shape index (κ3) is 2.68. The Bertz CT molecular complexity index is 2550. The fourth-order valence-electron chi connectivity index (χ4n) is 7.12. The molecule has 0 radical (unpaired) electrons. The number of imidazole rings is 1. The van der Waals surface area contributed by atoms with Gasteiger partial charge in [-0.3, -0.25) is 14.4 Å². The average Bonchev–Trinajstić information content (AvgIpc) is 3.70. The molecule has 5 nitrogen and oxygen atoms in total. The smallest absolute Gasteiger partial charge is 0.146 e. The number of nitrogens with zero attached hydrogens (tertiary/aromatic N) is 5. The van der Waals surface area contributed by atoms with Gasteiger partial charge in [0.25, 0.3) is 0 Å². The lowest BCUT2D eigenvalue weighted by Crippen LogP contribution is -1.96. The molecular weight excluding hydrogens is 502 g/mol. The normalized spacial score (nSPS) is 12.8. The molecule has 0 N–H and O–H groups in total. The fourth-order valence-corrected chi connectivity index (χ4v) is 7.12. The van der Waals surface area contributed by atoms with Crippen LogP contribution in [0.3, 0.4) is 0 Å². The Kier molecular flexibility index (Phi) is 3.92. The van der Waals surface area contributed by atoms with Gasteiger partial charge in [0.15, 0.2) is 0 Å². The minimum Gasteiger partial charge on any atom is -0.309 e. The Morgan fingerprint density at radius 2 is 1.54 bits per heavy atom. The van der Waals surface area contributed by atoms with Gasteiger partial charge in [0, 0.05) is 45.2 Å². The summed E-state index contributed by atoms with van der Waals surface area (Å²) in [5.74, 6) is 0. The summed E-state index contributed by atoms with van der Waals surface area (Å²) in [5.41, 5.74) is 13.9. The van der Waals surface area contributed by atoms with Gasteiger partial charge in [0.05, 0.1) is 39.3 Å². The lowest BCUT2D eigenvalue weighted by molar-refractivity contribution is 1.18. The van der Waals surface area contributed by atoms with Crippen LogP contribution in [0.15, 0.2) is 116 Å². The Morgan fingerprint density at radius 3 is 2.49 bits per heavy atom. The molecule has 5 heterocycles. The highest BCUT2D eigenvalue weighted by molar-refractivity contribution is 6.22. The number of hydrogen-bond donors (Lipinski definition) is 0. The van der Waals surface area contributed by atoms with E-state index in [-0.39, 0.29) is 0 Å². The second kappa shape index (κ2) is 7.55. The minimum atomic E-state index is 0.928. The first-order valence-electron chi connectivity index (χ1n) is 13.9. The van der Waals surface area contributed by atoms with E-state index in [0.717, 1.165) is 50.6 Å². The van der Waals surface area contributed by atoms with Gasteiger partial charge in [-0.05, 0) is 65.6 Å². The van der Waals surface area contributed by atoms with Gasteiger partial charge in [0.1, 0.15) is 5.65 Å². The highest BCUT2D eigenvalue weighted by Gasteiger charge is 2.26. The van der Waals surface area contributed by atoms with Gasteiger partial charge in [-0.1, -0.05) is 54.6 Å². The van der Waals surface area contributed by atoms with Gasteiger partial charge in [-0.2, -0.15) is 0 Å². The van der Waals surface area contributed by atoms with Crippen molar-refractivity contribution >= 4 is 60.3 Å². The molecule has 0 atom stereocenters. The van der Waals surface area contributed by atoms with Crippen LogP contribution in [0, 0.1) is 0 Å². The molecule has 0 saturated carbocycles. The molecule has 0 spiro atoms. The third-order valence-electron chi connectivity index (χ3n) is 8.82. The van der Waals surface area contributed by atoms with Gasteiger partial charge < -0.3 is 4.57 Å². The molecule has 0 unspecified atom stereocenters. The zero-order chi connectivity index (χ0) is 26.7. The summed E-state index contributed by atoms with van der Waals surface area (Å²) in [6, 6.07) is 35.0. The maximum atomic E-state index is 5.12. The molecule has 0 fully saturated rings. The topological polar surface area (TPSA) is 48.0 Å². The lowest BCUT2D eigenvalue weighted by atomic mass is 10.0. The molecule has 4 aromatic carbocycles. The Morgan fingerprint density at radius 1 is 0.634 bits per heavy atom. The van der Waals surface area contributed by atoms with Crippen molar-refractivity contribution in [1.82, 2.24) is 23.9 Å². The van der Waals surface area contributed by atoms with Crippen molar-refractivity contribution in [3.05, 3.63) is 127 Å². The Labute approximate surface area is 234 Å². The number of aromatic nitrogens is 5. The highest BCUT2D eigenvalue weighted by Crippen LogP contribution is 2.46. The van der Waals surface area contributed by atoms with Gasteiger partial charge in [-0.25, -0.2) is 4.98 Å². The van der Waals surface area contributed by atoms with Crippen molar-refractivity contribution in [2.75, 3.05) is 0 Å². The standard InChI is InChI=1S/C36H21N5/c1-2-8-23(9-3-1)40-31-19-27-28(36-39-29-14-16-37-20-32(29)41(36)30-11-6-15-38-34(27)30)18-26(31)25-13-12-22-17-21-7-4-5-10-24(21)33(22)35(25)40/h1-16,18-20H,17H2. The molecule has 0 bridgehead atoms. The van der Waals surface area contributed by atoms with Crippen LogP contribution >= 0.6 is 0 Å². The van der Waals surface area contributed by atoms with Crippen molar-refractivity contribution in [3.63, 3.8) is 0 Å². The second-order valence-corrected chi connectivity index (χ2v) is 10.9. The number of pyridine rings is 3. The van der Waals surface area contributed by atoms with E-state index in [1.165, 1.54) is 44.1 Å². The van der Waals surface area contributed by atoms with Crippen LogP contribution in [0.2, 0.25) is 0 Å². The van der Waals surface area contributed by atoms with Crippen molar-refractivity contribution in [2.45, 2.75) is 6.42 Å². The summed E-state index contributed by atoms with van der Waals surface area (Å²) >= 11 is 0. The molecule has 0 amide bonds. The van der Waals surface area contributed by atoms with Crippen molar-refractivity contribution < 1.29 is 0 Å². The second-order valence-electron chi connectivity index (χ2n) is 10.9. The Hall–Kier alpha value is -5.55. The van der Waals surface area contributed by atoms with E-state index >= 15 is 0 Å². The molecule has 41 heavy (non-hydrogen) atoms. The van der Waals surface area contributed by atoms with Gasteiger partial charge in [-0.15, -0.1) is 0 Å². The zero-order valence-corrected chi connectivity index (χ0v) is 21.9. The summed E-state index contributed by atoms with van der Waals surface area (Å²) in [4.78, 5) is 14.5. The number of para-hydroxylation sites is 1. The number of hydrogen-bond acceptors (Lipinski definition) is 3. The van der Waals surface area contributed by atoms with Crippen molar-refractivity contribution in [2.24, 2.45) is 0 Å². The predicted molar refractivity (Wildman–Crippen MR) is 166 cm³/mol. The SMILES string of the molecule is c1ccc(-n2c3cc4c(cc3c3ccc5c(c32)-c2ccccc2C5)c2nc3ccncc3n2c2cccnc42)cc1.